The van der Waals surface area contributed by atoms with Crippen LogP contribution in [0.15, 0.2) is 24.3 Å². The lowest BCUT2D eigenvalue weighted by Crippen LogP contribution is -2.16. The molecule has 1 heterocycles. The SMILES string of the molecule is CCN(c1cccc(F)c1)c1nc2c(s1)C(=O)CCC2. The Labute approximate surface area is 121 Å². The summed E-state index contributed by atoms with van der Waals surface area (Å²) in [6.45, 7) is 2.68. The van der Waals surface area contributed by atoms with Crippen molar-refractivity contribution in [1.29, 1.82) is 0 Å². The Morgan fingerprint density at radius 2 is 2.25 bits per heavy atom. The van der Waals surface area contributed by atoms with E-state index in [1.54, 1.807) is 6.07 Å². The zero-order valence-electron chi connectivity index (χ0n) is 11.2. The first kappa shape index (κ1) is 13.2. The lowest BCUT2D eigenvalue weighted by atomic mass is 10.0. The highest BCUT2D eigenvalue weighted by atomic mass is 32.1. The molecular weight excluding hydrogens is 275 g/mol. The molecule has 1 aliphatic rings. The summed E-state index contributed by atoms with van der Waals surface area (Å²) >= 11 is 1.42. The molecule has 0 spiro atoms. The molecule has 0 saturated carbocycles. The van der Waals surface area contributed by atoms with Gasteiger partial charge in [0.25, 0.3) is 0 Å². The number of hydrogen-bond acceptors (Lipinski definition) is 4. The summed E-state index contributed by atoms with van der Waals surface area (Å²) in [5.74, 6) is -0.0800. The topological polar surface area (TPSA) is 33.2 Å². The van der Waals surface area contributed by atoms with Crippen molar-refractivity contribution in [2.45, 2.75) is 26.2 Å². The molecule has 0 amide bonds. The third kappa shape index (κ3) is 2.33. The van der Waals surface area contributed by atoms with Gasteiger partial charge in [-0.25, -0.2) is 9.37 Å². The Balaban J connectivity index is 2.00. The Kier molecular flexibility index (Phi) is 3.53. The van der Waals surface area contributed by atoms with Gasteiger partial charge in [-0.2, -0.15) is 0 Å². The minimum atomic E-state index is -0.265. The van der Waals surface area contributed by atoms with Crippen molar-refractivity contribution in [1.82, 2.24) is 4.98 Å². The van der Waals surface area contributed by atoms with E-state index in [1.807, 2.05) is 17.9 Å². The van der Waals surface area contributed by atoms with Gasteiger partial charge in [0.2, 0.25) is 0 Å². The molecule has 0 bridgehead atoms. The van der Waals surface area contributed by atoms with Crippen LogP contribution < -0.4 is 4.90 Å². The van der Waals surface area contributed by atoms with E-state index in [1.165, 1.54) is 23.5 Å². The van der Waals surface area contributed by atoms with Gasteiger partial charge in [-0.3, -0.25) is 4.79 Å². The van der Waals surface area contributed by atoms with Crippen molar-refractivity contribution in [3.8, 4) is 0 Å². The zero-order valence-corrected chi connectivity index (χ0v) is 12.0. The Bertz CT molecular complexity index is 653. The molecule has 0 N–H and O–H groups in total. The Morgan fingerprint density at radius 3 is 2.95 bits per heavy atom. The van der Waals surface area contributed by atoms with Crippen molar-refractivity contribution in [2.24, 2.45) is 0 Å². The molecule has 0 unspecified atom stereocenters. The molecule has 20 heavy (non-hydrogen) atoms. The zero-order chi connectivity index (χ0) is 14.1. The molecule has 0 radical (unpaired) electrons. The molecule has 5 heteroatoms. The number of aromatic nitrogens is 1. The van der Waals surface area contributed by atoms with Crippen molar-refractivity contribution >= 4 is 27.9 Å². The van der Waals surface area contributed by atoms with Crippen LogP contribution in [0.2, 0.25) is 0 Å². The summed E-state index contributed by atoms with van der Waals surface area (Å²) in [6.07, 6.45) is 2.35. The van der Waals surface area contributed by atoms with E-state index >= 15 is 0 Å². The smallest absolute Gasteiger partial charge is 0.190 e. The number of Topliss-reactive ketones (excluding diaryl/α,β-unsaturated/α-hetero) is 1. The van der Waals surface area contributed by atoms with Crippen molar-refractivity contribution in [2.75, 3.05) is 11.4 Å². The molecule has 1 aromatic heterocycles. The van der Waals surface area contributed by atoms with Gasteiger partial charge in [0.1, 0.15) is 5.82 Å². The van der Waals surface area contributed by atoms with Crippen LogP contribution >= 0.6 is 11.3 Å². The molecule has 1 aliphatic carbocycles. The van der Waals surface area contributed by atoms with Crippen LogP contribution in [0.3, 0.4) is 0 Å². The fourth-order valence-corrected chi connectivity index (χ4v) is 3.61. The quantitative estimate of drug-likeness (QED) is 0.858. The highest BCUT2D eigenvalue weighted by Gasteiger charge is 2.24. The molecule has 0 saturated heterocycles. The first-order valence-corrected chi connectivity index (χ1v) is 7.56. The Morgan fingerprint density at radius 1 is 1.40 bits per heavy atom. The van der Waals surface area contributed by atoms with Gasteiger partial charge >= 0.3 is 0 Å². The number of thiazole rings is 1. The molecule has 3 rings (SSSR count). The van der Waals surface area contributed by atoms with Crippen molar-refractivity contribution in [3.05, 3.63) is 40.7 Å². The van der Waals surface area contributed by atoms with E-state index in [0.717, 1.165) is 34.2 Å². The maximum Gasteiger partial charge on any atom is 0.190 e. The molecule has 1 aromatic carbocycles. The van der Waals surface area contributed by atoms with Crippen LogP contribution in [0.1, 0.15) is 35.1 Å². The number of fused-ring (bicyclic) bond motifs is 1. The number of carbonyl (C=O) groups is 1. The highest BCUT2D eigenvalue weighted by Crippen LogP contribution is 2.35. The summed E-state index contributed by atoms with van der Waals surface area (Å²) in [7, 11) is 0. The third-order valence-electron chi connectivity index (χ3n) is 3.42. The molecular formula is C15H15FN2OS. The third-order valence-corrected chi connectivity index (χ3v) is 4.59. The monoisotopic (exact) mass is 290 g/mol. The number of rotatable bonds is 3. The molecule has 2 aromatic rings. The Hall–Kier alpha value is -1.75. The number of ketones is 1. The maximum atomic E-state index is 13.4. The summed E-state index contributed by atoms with van der Waals surface area (Å²) in [5, 5.41) is 0.776. The van der Waals surface area contributed by atoms with E-state index in [4.69, 9.17) is 0 Å². The number of hydrogen-bond donors (Lipinski definition) is 0. The average Bonchev–Trinajstić information content (AvgIpc) is 2.85. The second-order valence-corrected chi connectivity index (χ2v) is 5.75. The molecule has 0 fully saturated rings. The van der Waals surface area contributed by atoms with Crippen molar-refractivity contribution in [3.63, 3.8) is 0 Å². The molecule has 0 atom stereocenters. The minimum absolute atomic E-state index is 0.185. The van der Waals surface area contributed by atoms with E-state index in [-0.39, 0.29) is 11.6 Å². The van der Waals surface area contributed by atoms with E-state index in [2.05, 4.69) is 4.98 Å². The van der Waals surface area contributed by atoms with Gasteiger partial charge in [-0.1, -0.05) is 17.4 Å². The predicted octanol–water partition coefficient (Wildman–Crippen LogP) is 3.96. The lowest BCUT2D eigenvalue weighted by molar-refractivity contribution is 0.0976. The number of carbonyl (C=O) groups excluding carboxylic acids is 1. The number of aryl methyl sites for hydroxylation is 1. The number of benzene rings is 1. The van der Waals surface area contributed by atoms with Gasteiger partial charge in [0, 0.05) is 18.7 Å². The standard InChI is InChI=1S/C15H15FN2OS/c1-2-18(11-6-3-5-10(16)9-11)15-17-12-7-4-8-13(19)14(12)20-15/h3,5-6,9H,2,4,7-8H2,1H3. The largest absolute Gasteiger partial charge is 0.318 e. The maximum absolute atomic E-state index is 13.4. The number of halogens is 1. The van der Waals surface area contributed by atoms with Gasteiger partial charge in [0.15, 0.2) is 10.9 Å². The second kappa shape index (κ2) is 5.32. The van der Waals surface area contributed by atoms with Crippen LogP contribution in [0.25, 0.3) is 0 Å². The summed E-state index contributed by atoms with van der Waals surface area (Å²) in [4.78, 5) is 19.2. The summed E-state index contributed by atoms with van der Waals surface area (Å²) < 4.78 is 13.4. The minimum Gasteiger partial charge on any atom is -0.318 e. The number of anilines is 2. The van der Waals surface area contributed by atoms with E-state index < -0.39 is 0 Å². The fourth-order valence-electron chi connectivity index (χ4n) is 2.44. The van der Waals surface area contributed by atoms with E-state index in [0.29, 0.717) is 13.0 Å². The van der Waals surface area contributed by atoms with E-state index in [9.17, 15) is 9.18 Å². The van der Waals surface area contributed by atoms with Crippen LogP contribution in [0.5, 0.6) is 0 Å². The molecule has 0 aliphatic heterocycles. The van der Waals surface area contributed by atoms with Gasteiger partial charge in [-0.15, -0.1) is 0 Å². The summed E-state index contributed by atoms with van der Waals surface area (Å²) in [6, 6.07) is 6.46. The van der Waals surface area contributed by atoms with Gasteiger partial charge in [-0.05, 0) is 38.0 Å². The van der Waals surface area contributed by atoms with Crippen LogP contribution in [0.4, 0.5) is 15.2 Å². The van der Waals surface area contributed by atoms with Crippen LogP contribution in [-0.2, 0) is 6.42 Å². The predicted molar refractivity (Wildman–Crippen MR) is 78.5 cm³/mol. The molecule has 104 valence electrons. The summed E-state index contributed by atoms with van der Waals surface area (Å²) in [5.41, 5.74) is 1.67. The van der Waals surface area contributed by atoms with Crippen molar-refractivity contribution < 1.29 is 9.18 Å². The van der Waals surface area contributed by atoms with Crippen LogP contribution in [0, 0.1) is 5.82 Å². The highest BCUT2D eigenvalue weighted by molar-refractivity contribution is 7.17. The second-order valence-electron chi connectivity index (χ2n) is 4.77. The van der Waals surface area contributed by atoms with Gasteiger partial charge in [0.05, 0.1) is 10.6 Å². The lowest BCUT2D eigenvalue weighted by Gasteiger charge is -2.19. The van der Waals surface area contributed by atoms with Crippen LogP contribution in [-0.4, -0.2) is 17.3 Å². The molecule has 3 nitrogen and oxygen atoms in total. The fraction of sp³-hybridized carbons (Fsp3) is 0.333. The number of nitrogens with zero attached hydrogens (tertiary/aromatic N) is 2. The normalized spacial score (nSPS) is 14.2. The van der Waals surface area contributed by atoms with Gasteiger partial charge < -0.3 is 4.90 Å². The first-order chi connectivity index (χ1) is 9.69. The average molecular weight is 290 g/mol. The first-order valence-electron chi connectivity index (χ1n) is 6.75.